The number of halogens is 2. The molecular weight excluding hydrogens is 305 g/mol. The van der Waals surface area contributed by atoms with E-state index in [0.717, 1.165) is 35.5 Å². The third kappa shape index (κ3) is 3.54. The van der Waals surface area contributed by atoms with Gasteiger partial charge in [0.2, 0.25) is 0 Å². The summed E-state index contributed by atoms with van der Waals surface area (Å²) in [6.07, 6.45) is 0.822. The third-order valence-electron chi connectivity index (χ3n) is 3.37. The Hall–Kier alpha value is -1.16. The maximum Gasteiger partial charge on any atom is 0.0679 e. The van der Waals surface area contributed by atoms with Gasteiger partial charge in [0.15, 0.2) is 0 Å². The van der Waals surface area contributed by atoms with Gasteiger partial charge < -0.3 is 5.32 Å². The van der Waals surface area contributed by atoms with Gasteiger partial charge in [0.25, 0.3) is 0 Å². The zero-order chi connectivity index (χ0) is 15.4. The van der Waals surface area contributed by atoms with E-state index in [9.17, 15) is 0 Å². The van der Waals surface area contributed by atoms with Crippen LogP contribution in [0.25, 0.3) is 0 Å². The molecule has 0 saturated carbocycles. The standard InChI is InChI=1S/C16H19Cl2N3/c1-4-14-12(9-10(3)20-21-14)16(19-5-2)11-7-6-8-13(17)15(11)18/h6-9,16,19H,4-5H2,1-3H3. The lowest BCUT2D eigenvalue weighted by molar-refractivity contribution is 0.617. The van der Waals surface area contributed by atoms with E-state index in [4.69, 9.17) is 23.2 Å². The topological polar surface area (TPSA) is 37.8 Å². The van der Waals surface area contributed by atoms with Crippen LogP contribution in [0.5, 0.6) is 0 Å². The van der Waals surface area contributed by atoms with E-state index in [1.165, 1.54) is 0 Å². The SMILES string of the molecule is CCNC(c1cc(C)nnc1CC)c1cccc(Cl)c1Cl. The zero-order valence-electron chi connectivity index (χ0n) is 12.5. The van der Waals surface area contributed by atoms with Gasteiger partial charge in [-0.15, -0.1) is 0 Å². The van der Waals surface area contributed by atoms with Crippen molar-refractivity contribution in [1.82, 2.24) is 15.5 Å². The average molecular weight is 324 g/mol. The molecule has 0 aliphatic carbocycles. The summed E-state index contributed by atoms with van der Waals surface area (Å²) in [6.45, 7) is 6.90. The van der Waals surface area contributed by atoms with Crippen molar-refractivity contribution in [3.05, 3.63) is 56.8 Å². The number of hydrogen-bond acceptors (Lipinski definition) is 3. The van der Waals surface area contributed by atoms with Crippen LogP contribution in [0.4, 0.5) is 0 Å². The van der Waals surface area contributed by atoms with Gasteiger partial charge in [0.1, 0.15) is 0 Å². The van der Waals surface area contributed by atoms with Crippen LogP contribution in [0, 0.1) is 6.92 Å². The number of aryl methyl sites for hydroxylation is 2. The maximum absolute atomic E-state index is 6.40. The van der Waals surface area contributed by atoms with Crippen LogP contribution in [-0.2, 0) is 6.42 Å². The van der Waals surface area contributed by atoms with E-state index in [-0.39, 0.29) is 6.04 Å². The minimum atomic E-state index is -0.0367. The Kier molecular flexibility index (Phi) is 5.57. The molecule has 0 spiro atoms. The van der Waals surface area contributed by atoms with Gasteiger partial charge in [-0.1, -0.05) is 49.2 Å². The largest absolute Gasteiger partial charge is 0.306 e. The fourth-order valence-corrected chi connectivity index (χ4v) is 2.81. The van der Waals surface area contributed by atoms with Crippen molar-refractivity contribution in [2.45, 2.75) is 33.2 Å². The second kappa shape index (κ2) is 7.21. The smallest absolute Gasteiger partial charge is 0.0679 e. The lowest BCUT2D eigenvalue weighted by Crippen LogP contribution is -2.24. The van der Waals surface area contributed by atoms with Crippen LogP contribution >= 0.6 is 23.2 Å². The minimum absolute atomic E-state index is 0.0367. The van der Waals surface area contributed by atoms with E-state index >= 15 is 0 Å². The quantitative estimate of drug-likeness (QED) is 0.888. The Morgan fingerprint density at radius 2 is 1.90 bits per heavy atom. The molecule has 0 bridgehead atoms. The molecule has 21 heavy (non-hydrogen) atoms. The summed E-state index contributed by atoms with van der Waals surface area (Å²) in [7, 11) is 0. The average Bonchev–Trinajstić information content (AvgIpc) is 2.48. The first-order chi connectivity index (χ1) is 10.1. The second-order valence-electron chi connectivity index (χ2n) is 4.88. The number of nitrogens with zero attached hydrogens (tertiary/aromatic N) is 2. The summed E-state index contributed by atoms with van der Waals surface area (Å²) in [5, 5.41) is 13.1. The van der Waals surface area contributed by atoms with Gasteiger partial charge in [-0.25, -0.2) is 0 Å². The Balaban J connectivity index is 2.58. The Morgan fingerprint density at radius 3 is 2.57 bits per heavy atom. The van der Waals surface area contributed by atoms with Crippen molar-refractivity contribution < 1.29 is 0 Å². The molecule has 5 heteroatoms. The molecular formula is C16H19Cl2N3. The zero-order valence-corrected chi connectivity index (χ0v) is 14.0. The predicted molar refractivity (Wildman–Crippen MR) is 88.1 cm³/mol. The summed E-state index contributed by atoms with van der Waals surface area (Å²) in [5.41, 5.74) is 3.94. The van der Waals surface area contributed by atoms with Crippen LogP contribution < -0.4 is 5.32 Å². The molecule has 1 N–H and O–H groups in total. The summed E-state index contributed by atoms with van der Waals surface area (Å²) in [4.78, 5) is 0. The fourth-order valence-electron chi connectivity index (χ4n) is 2.39. The molecule has 1 aromatic heterocycles. The predicted octanol–water partition coefficient (Wildman–Crippen LogP) is 4.35. The highest BCUT2D eigenvalue weighted by Crippen LogP contribution is 2.34. The number of nitrogens with one attached hydrogen (secondary N) is 1. The molecule has 2 rings (SSSR count). The highest BCUT2D eigenvalue weighted by Gasteiger charge is 2.21. The molecule has 3 nitrogen and oxygen atoms in total. The summed E-state index contributed by atoms with van der Waals surface area (Å²) in [6, 6.07) is 7.74. The number of rotatable bonds is 5. The lowest BCUT2D eigenvalue weighted by atomic mass is 9.96. The Bertz CT molecular complexity index is 629. The maximum atomic E-state index is 6.40. The van der Waals surface area contributed by atoms with E-state index in [2.05, 4.69) is 35.4 Å². The van der Waals surface area contributed by atoms with Crippen molar-refractivity contribution in [3.63, 3.8) is 0 Å². The third-order valence-corrected chi connectivity index (χ3v) is 4.21. The summed E-state index contributed by atoms with van der Waals surface area (Å²) in [5.74, 6) is 0. The first kappa shape index (κ1) is 16.2. The molecule has 0 aliphatic heterocycles. The van der Waals surface area contributed by atoms with Crippen molar-refractivity contribution in [2.75, 3.05) is 6.54 Å². The molecule has 112 valence electrons. The molecule has 1 aromatic carbocycles. The minimum Gasteiger partial charge on any atom is -0.306 e. The van der Waals surface area contributed by atoms with Crippen molar-refractivity contribution in [2.24, 2.45) is 0 Å². The van der Waals surface area contributed by atoms with Gasteiger partial charge >= 0.3 is 0 Å². The fraction of sp³-hybridized carbons (Fsp3) is 0.375. The van der Waals surface area contributed by atoms with Gasteiger partial charge in [-0.05, 0) is 43.1 Å². The number of benzene rings is 1. The highest BCUT2D eigenvalue weighted by atomic mass is 35.5. The summed E-state index contributed by atoms with van der Waals surface area (Å²) < 4.78 is 0. The van der Waals surface area contributed by atoms with E-state index < -0.39 is 0 Å². The molecule has 1 atom stereocenters. The van der Waals surface area contributed by atoms with Crippen LogP contribution in [0.1, 0.15) is 42.4 Å². The van der Waals surface area contributed by atoms with E-state index in [0.29, 0.717) is 10.0 Å². The van der Waals surface area contributed by atoms with Crippen molar-refractivity contribution in [1.29, 1.82) is 0 Å². The van der Waals surface area contributed by atoms with Gasteiger partial charge in [0.05, 0.1) is 27.5 Å². The Morgan fingerprint density at radius 1 is 1.14 bits per heavy atom. The normalized spacial score (nSPS) is 12.4. The molecule has 0 aliphatic rings. The number of hydrogen-bond donors (Lipinski definition) is 1. The molecule has 0 radical (unpaired) electrons. The molecule has 2 aromatic rings. The van der Waals surface area contributed by atoms with Gasteiger partial charge in [0, 0.05) is 0 Å². The van der Waals surface area contributed by atoms with Crippen LogP contribution in [0.2, 0.25) is 10.0 Å². The molecule has 1 heterocycles. The highest BCUT2D eigenvalue weighted by molar-refractivity contribution is 6.42. The van der Waals surface area contributed by atoms with E-state index in [1.807, 2.05) is 19.1 Å². The Labute approximate surface area is 135 Å². The van der Waals surface area contributed by atoms with Gasteiger partial charge in [-0.2, -0.15) is 10.2 Å². The first-order valence-corrected chi connectivity index (χ1v) is 7.84. The molecule has 0 fully saturated rings. The summed E-state index contributed by atoms with van der Waals surface area (Å²) >= 11 is 12.6. The van der Waals surface area contributed by atoms with E-state index in [1.54, 1.807) is 6.07 Å². The van der Waals surface area contributed by atoms with Gasteiger partial charge in [-0.3, -0.25) is 0 Å². The number of aromatic nitrogens is 2. The van der Waals surface area contributed by atoms with Crippen LogP contribution in [0.15, 0.2) is 24.3 Å². The van der Waals surface area contributed by atoms with Crippen molar-refractivity contribution >= 4 is 23.2 Å². The lowest BCUT2D eigenvalue weighted by Gasteiger charge is -2.22. The van der Waals surface area contributed by atoms with Crippen LogP contribution in [-0.4, -0.2) is 16.7 Å². The van der Waals surface area contributed by atoms with Crippen molar-refractivity contribution in [3.8, 4) is 0 Å². The first-order valence-electron chi connectivity index (χ1n) is 7.08. The monoisotopic (exact) mass is 323 g/mol. The molecule has 1 unspecified atom stereocenters. The molecule has 0 amide bonds. The second-order valence-corrected chi connectivity index (χ2v) is 5.66. The van der Waals surface area contributed by atoms with Crippen LogP contribution in [0.3, 0.4) is 0 Å². The molecule has 0 saturated heterocycles.